The lowest BCUT2D eigenvalue weighted by atomic mass is 9.83. The number of halogens is 1. The molecule has 1 amide bonds. The zero-order valence-corrected chi connectivity index (χ0v) is 21.5. The van der Waals surface area contributed by atoms with Gasteiger partial charge in [-0.15, -0.1) is 0 Å². The smallest absolute Gasteiger partial charge is 0.234 e. The fourth-order valence-electron chi connectivity index (χ4n) is 5.08. The van der Waals surface area contributed by atoms with E-state index in [0.29, 0.717) is 34.9 Å². The Hall–Kier alpha value is -3.36. The summed E-state index contributed by atoms with van der Waals surface area (Å²) in [5.41, 5.74) is 3.86. The molecule has 36 heavy (non-hydrogen) atoms. The molecule has 2 aromatic carbocycles. The normalized spacial score (nSPS) is 17.5. The Balaban J connectivity index is 1.30. The summed E-state index contributed by atoms with van der Waals surface area (Å²) in [4.78, 5) is 23.5. The highest BCUT2D eigenvalue weighted by atomic mass is 35.5. The van der Waals surface area contributed by atoms with Crippen molar-refractivity contribution in [3.05, 3.63) is 64.3 Å². The van der Waals surface area contributed by atoms with Gasteiger partial charge in [-0.1, -0.05) is 29.8 Å². The van der Waals surface area contributed by atoms with E-state index in [4.69, 9.17) is 11.6 Å². The van der Waals surface area contributed by atoms with Crippen LogP contribution in [-0.4, -0.2) is 46.0 Å². The number of aromatic nitrogens is 2. The third kappa shape index (κ3) is 4.70. The number of nitrogens with zero attached hydrogens (tertiary/aromatic N) is 3. The number of hydrogen-bond donors (Lipinski definition) is 4. The molecule has 188 valence electrons. The first-order valence-corrected chi connectivity index (χ1v) is 12.6. The van der Waals surface area contributed by atoms with Gasteiger partial charge in [0.05, 0.1) is 17.3 Å². The van der Waals surface area contributed by atoms with Gasteiger partial charge in [-0.2, -0.15) is 4.98 Å². The van der Waals surface area contributed by atoms with Gasteiger partial charge in [0.1, 0.15) is 10.8 Å². The predicted octanol–water partition coefficient (Wildman–Crippen LogP) is 5.23. The topological polar surface area (TPSA) is 102 Å². The molecular formula is C27H31ClN6O2. The quantitative estimate of drug-likeness (QED) is 0.339. The molecule has 0 unspecified atom stereocenters. The van der Waals surface area contributed by atoms with Crippen molar-refractivity contribution in [1.29, 1.82) is 0 Å². The molecule has 0 atom stereocenters. The number of carbonyl (C=O) groups is 1. The standard InChI is InChI=1S/C27H31ClN6O2/c1-27(2)23-18(5-4-6-21(23)31-25(27)36)14-29-24-19(28)15-30-26(33-24)32-20-8-7-17(13-22(20)35)16-9-11-34(3)12-10-16/h4-8,13,15-16,35H,9-12,14H2,1-3H3,(H,31,36)(H2,29,30,32,33). The Morgan fingerprint density at radius 3 is 2.75 bits per heavy atom. The van der Waals surface area contributed by atoms with Crippen molar-refractivity contribution in [1.82, 2.24) is 14.9 Å². The van der Waals surface area contributed by atoms with Gasteiger partial charge in [-0.3, -0.25) is 4.79 Å². The minimum atomic E-state index is -0.618. The van der Waals surface area contributed by atoms with Crippen molar-refractivity contribution < 1.29 is 9.90 Å². The van der Waals surface area contributed by atoms with Gasteiger partial charge in [0.2, 0.25) is 11.9 Å². The summed E-state index contributed by atoms with van der Waals surface area (Å²) in [6.45, 7) is 6.41. The predicted molar refractivity (Wildman–Crippen MR) is 143 cm³/mol. The van der Waals surface area contributed by atoms with Crippen LogP contribution in [0.15, 0.2) is 42.6 Å². The SMILES string of the molecule is CN1CCC(c2ccc(Nc3ncc(Cl)c(NCc4cccc5c4C(C)(C)C(=O)N5)n3)c(O)c2)CC1. The number of likely N-dealkylation sites (tertiary alicyclic amines) is 1. The summed E-state index contributed by atoms with van der Waals surface area (Å²) >= 11 is 6.38. The summed E-state index contributed by atoms with van der Waals surface area (Å²) in [5.74, 6) is 1.39. The third-order valence-corrected chi connectivity index (χ3v) is 7.52. The maximum absolute atomic E-state index is 12.4. The van der Waals surface area contributed by atoms with E-state index in [0.717, 1.165) is 48.3 Å². The largest absolute Gasteiger partial charge is 0.506 e. The van der Waals surface area contributed by atoms with E-state index in [1.54, 1.807) is 0 Å². The molecule has 4 N–H and O–H groups in total. The van der Waals surface area contributed by atoms with Gasteiger partial charge < -0.3 is 26.0 Å². The van der Waals surface area contributed by atoms with Crippen molar-refractivity contribution in [2.45, 2.75) is 44.6 Å². The number of hydrogen-bond acceptors (Lipinski definition) is 7. The summed E-state index contributed by atoms with van der Waals surface area (Å²) in [7, 11) is 2.14. The van der Waals surface area contributed by atoms with Gasteiger partial charge in [-0.25, -0.2) is 4.98 Å². The first-order valence-electron chi connectivity index (χ1n) is 12.2. The van der Waals surface area contributed by atoms with Crippen LogP contribution in [0.3, 0.4) is 0 Å². The van der Waals surface area contributed by atoms with Crippen LogP contribution >= 0.6 is 11.6 Å². The van der Waals surface area contributed by atoms with Gasteiger partial charge in [0, 0.05) is 12.2 Å². The van der Waals surface area contributed by atoms with Gasteiger partial charge in [0.15, 0.2) is 5.82 Å². The van der Waals surface area contributed by atoms with Gasteiger partial charge >= 0.3 is 0 Å². The van der Waals surface area contributed by atoms with Crippen LogP contribution in [0, 0.1) is 0 Å². The third-order valence-electron chi connectivity index (χ3n) is 7.24. The minimum Gasteiger partial charge on any atom is -0.506 e. The minimum absolute atomic E-state index is 0.0156. The average molecular weight is 507 g/mol. The highest BCUT2D eigenvalue weighted by Gasteiger charge is 2.39. The number of phenols is 1. The van der Waals surface area contributed by atoms with Crippen LogP contribution in [0.5, 0.6) is 5.75 Å². The summed E-state index contributed by atoms with van der Waals surface area (Å²) in [6.07, 6.45) is 3.70. The monoisotopic (exact) mass is 506 g/mol. The average Bonchev–Trinajstić information content (AvgIpc) is 3.09. The molecule has 2 aliphatic rings. The Morgan fingerprint density at radius 1 is 1.22 bits per heavy atom. The molecule has 1 saturated heterocycles. The number of rotatable bonds is 6. The molecule has 3 heterocycles. The number of nitrogens with one attached hydrogen (secondary N) is 3. The zero-order valence-electron chi connectivity index (χ0n) is 20.7. The number of phenolic OH excluding ortho intramolecular Hbond substituents is 1. The molecule has 0 spiro atoms. The fourth-order valence-corrected chi connectivity index (χ4v) is 5.24. The van der Waals surface area contributed by atoms with Crippen molar-refractivity contribution in [3.63, 3.8) is 0 Å². The van der Waals surface area contributed by atoms with Crippen molar-refractivity contribution in [2.24, 2.45) is 0 Å². The Morgan fingerprint density at radius 2 is 2.00 bits per heavy atom. The molecular weight excluding hydrogens is 476 g/mol. The first-order chi connectivity index (χ1) is 17.2. The summed E-state index contributed by atoms with van der Waals surface area (Å²) in [5, 5.41) is 20.4. The number of aromatic hydroxyl groups is 1. The number of carbonyl (C=O) groups excluding carboxylic acids is 1. The number of fused-ring (bicyclic) bond motifs is 1. The van der Waals surface area contributed by atoms with Crippen molar-refractivity contribution in [2.75, 3.05) is 36.1 Å². The van der Waals surface area contributed by atoms with E-state index >= 15 is 0 Å². The lowest BCUT2D eigenvalue weighted by molar-refractivity contribution is -0.119. The second kappa shape index (κ2) is 9.59. The second-order valence-electron chi connectivity index (χ2n) is 10.1. The Kier molecular flexibility index (Phi) is 6.49. The highest BCUT2D eigenvalue weighted by molar-refractivity contribution is 6.32. The summed E-state index contributed by atoms with van der Waals surface area (Å²) in [6, 6.07) is 11.6. The molecule has 0 aliphatic carbocycles. The highest BCUT2D eigenvalue weighted by Crippen LogP contribution is 2.40. The summed E-state index contributed by atoms with van der Waals surface area (Å²) < 4.78 is 0. The fraction of sp³-hybridized carbons (Fsp3) is 0.370. The second-order valence-corrected chi connectivity index (χ2v) is 10.5. The van der Waals surface area contributed by atoms with Crippen molar-refractivity contribution >= 4 is 40.6 Å². The van der Waals surface area contributed by atoms with Gasteiger partial charge in [-0.05, 0) is 87.6 Å². The molecule has 5 rings (SSSR count). The molecule has 1 aromatic heterocycles. The maximum Gasteiger partial charge on any atom is 0.234 e. The lowest BCUT2D eigenvalue weighted by Crippen LogP contribution is -2.29. The van der Waals surface area contributed by atoms with Crippen LogP contribution < -0.4 is 16.0 Å². The molecule has 0 radical (unpaired) electrons. The molecule has 9 heteroatoms. The number of anilines is 4. The maximum atomic E-state index is 12.4. The van der Waals surface area contributed by atoms with E-state index in [9.17, 15) is 9.90 Å². The molecule has 1 fully saturated rings. The molecule has 0 bridgehead atoms. The van der Waals surface area contributed by atoms with Crippen LogP contribution in [-0.2, 0) is 16.8 Å². The lowest BCUT2D eigenvalue weighted by Gasteiger charge is -2.29. The van der Waals surface area contributed by atoms with E-state index in [1.807, 2.05) is 44.2 Å². The van der Waals surface area contributed by atoms with Crippen molar-refractivity contribution in [3.8, 4) is 5.75 Å². The Labute approximate surface area is 216 Å². The van der Waals surface area contributed by atoms with E-state index in [1.165, 1.54) is 6.20 Å². The molecule has 0 saturated carbocycles. The van der Waals surface area contributed by atoms with Crippen LogP contribution in [0.2, 0.25) is 5.02 Å². The van der Waals surface area contributed by atoms with E-state index < -0.39 is 5.41 Å². The molecule has 8 nitrogen and oxygen atoms in total. The Bertz CT molecular complexity index is 1300. The van der Waals surface area contributed by atoms with Crippen LogP contribution in [0.25, 0.3) is 0 Å². The first kappa shape index (κ1) is 24.3. The van der Waals surface area contributed by atoms with Crippen LogP contribution in [0.1, 0.15) is 49.3 Å². The molecule has 3 aromatic rings. The van der Waals surface area contributed by atoms with E-state index in [-0.39, 0.29) is 11.7 Å². The number of amides is 1. The van der Waals surface area contributed by atoms with E-state index in [2.05, 4.69) is 43.9 Å². The van der Waals surface area contributed by atoms with Gasteiger partial charge in [0.25, 0.3) is 0 Å². The number of benzene rings is 2. The zero-order chi connectivity index (χ0) is 25.4. The van der Waals surface area contributed by atoms with Crippen LogP contribution in [0.4, 0.5) is 23.1 Å². The molecule has 2 aliphatic heterocycles. The number of piperidine rings is 1.